The van der Waals surface area contributed by atoms with Crippen LogP contribution in [-0.4, -0.2) is 11.3 Å². The molecule has 2 nitrogen and oxygen atoms in total. The van der Waals surface area contributed by atoms with Crippen LogP contribution >= 0.6 is 22.6 Å². The molecule has 0 atom stereocenters. The van der Waals surface area contributed by atoms with E-state index in [9.17, 15) is 26.7 Å². The van der Waals surface area contributed by atoms with Crippen LogP contribution in [0, 0.1) is 3.70 Å². The molecule has 0 saturated heterocycles. The van der Waals surface area contributed by atoms with Crippen LogP contribution in [0.15, 0.2) is 6.07 Å². The van der Waals surface area contributed by atoms with Gasteiger partial charge in [0.2, 0.25) is 0 Å². The first kappa shape index (κ1) is 13.3. The van der Waals surface area contributed by atoms with Crippen molar-refractivity contribution >= 4 is 28.9 Å². The summed E-state index contributed by atoms with van der Waals surface area (Å²) in [6.07, 6.45) is -8.53. The molecule has 88 valence electrons. The van der Waals surface area contributed by atoms with Crippen LogP contribution in [0.1, 0.15) is 28.0 Å². The Morgan fingerprint density at radius 3 is 2.31 bits per heavy atom. The molecule has 8 heteroatoms. The van der Waals surface area contributed by atoms with Gasteiger partial charge in [0.25, 0.3) is 6.43 Å². The van der Waals surface area contributed by atoms with Gasteiger partial charge in [-0.3, -0.25) is 4.79 Å². The number of pyridine rings is 1. The van der Waals surface area contributed by atoms with Crippen LogP contribution in [0.25, 0.3) is 0 Å². The van der Waals surface area contributed by atoms with Crippen LogP contribution in [-0.2, 0) is 6.18 Å². The lowest BCUT2D eigenvalue weighted by molar-refractivity contribution is -0.140. The van der Waals surface area contributed by atoms with Crippen molar-refractivity contribution in [3.8, 4) is 0 Å². The number of rotatable bonds is 2. The Balaban J connectivity index is 3.58. The SMILES string of the molecule is O=Cc1nc(I)cc(C(F)F)c1C(F)(F)F. The minimum atomic E-state index is -5.03. The predicted octanol–water partition coefficient (Wildman–Crippen LogP) is 3.46. The summed E-state index contributed by atoms with van der Waals surface area (Å²) < 4.78 is 62.1. The zero-order valence-corrected chi connectivity index (χ0v) is 9.51. The third-order valence-corrected chi connectivity index (χ3v) is 2.23. The summed E-state index contributed by atoms with van der Waals surface area (Å²) in [5, 5.41) is 0. The maximum absolute atomic E-state index is 12.5. The van der Waals surface area contributed by atoms with Gasteiger partial charge in [-0.15, -0.1) is 0 Å². The van der Waals surface area contributed by atoms with Crippen molar-refractivity contribution in [3.05, 3.63) is 26.6 Å². The van der Waals surface area contributed by atoms with Gasteiger partial charge in [0.15, 0.2) is 6.29 Å². The lowest BCUT2D eigenvalue weighted by Gasteiger charge is -2.14. The number of nitrogens with zero attached hydrogens (tertiary/aromatic N) is 1. The Morgan fingerprint density at radius 2 is 1.94 bits per heavy atom. The Morgan fingerprint density at radius 1 is 1.38 bits per heavy atom. The number of carbonyl (C=O) groups is 1. The number of aromatic nitrogens is 1. The van der Waals surface area contributed by atoms with Gasteiger partial charge >= 0.3 is 6.18 Å². The Hall–Kier alpha value is -0.800. The normalized spacial score (nSPS) is 11.9. The third-order valence-electron chi connectivity index (χ3n) is 1.68. The molecule has 16 heavy (non-hydrogen) atoms. The fraction of sp³-hybridized carbons (Fsp3) is 0.250. The molecular formula is C8H3F5INO. The maximum Gasteiger partial charge on any atom is 0.419 e. The molecule has 0 spiro atoms. The van der Waals surface area contributed by atoms with E-state index in [1.54, 1.807) is 0 Å². The summed E-state index contributed by atoms with van der Waals surface area (Å²) in [6.45, 7) is 0. The van der Waals surface area contributed by atoms with Gasteiger partial charge in [-0.2, -0.15) is 13.2 Å². The molecule has 0 fully saturated rings. The minimum absolute atomic E-state index is 0.0944. The van der Waals surface area contributed by atoms with Gasteiger partial charge in [-0.05, 0) is 28.7 Å². The number of hydrogen-bond donors (Lipinski definition) is 0. The van der Waals surface area contributed by atoms with Gasteiger partial charge in [0.05, 0.1) is 5.56 Å². The zero-order chi connectivity index (χ0) is 12.5. The van der Waals surface area contributed by atoms with E-state index in [4.69, 9.17) is 0 Å². The average Bonchev–Trinajstić information content (AvgIpc) is 2.14. The first-order valence-electron chi connectivity index (χ1n) is 3.78. The second-order valence-electron chi connectivity index (χ2n) is 2.71. The lowest BCUT2D eigenvalue weighted by Crippen LogP contribution is -2.15. The second kappa shape index (κ2) is 4.60. The highest BCUT2D eigenvalue weighted by molar-refractivity contribution is 14.1. The van der Waals surface area contributed by atoms with E-state index in [1.165, 1.54) is 22.6 Å². The second-order valence-corrected chi connectivity index (χ2v) is 3.82. The smallest absolute Gasteiger partial charge is 0.296 e. The Kier molecular flexibility index (Phi) is 3.81. The van der Waals surface area contributed by atoms with Crippen molar-refractivity contribution in [1.82, 2.24) is 4.98 Å². The lowest BCUT2D eigenvalue weighted by atomic mass is 10.1. The van der Waals surface area contributed by atoms with Gasteiger partial charge in [-0.1, -0.05) is 0 Å². The molecule has 0 amide bonds. The molecule has 0 radical (unpaired) electrons. The topological polar surface area (TPSA) is 30.0 Å². The van der Waals surface area contributed by atoms with Crippen LogP contribution in [0.2, 0.25) is 0 Å². The van der Waals surface area contributed by atoms with Crippen molar-refractivity contribution in [2.75, 3.05) is 0 Å². The predicted molar refractivity (Wildman–Crippen MR) is 52.3 cm³/mol. The van der Waals surface area contributed by atoms with E-state index in [2.05, 4.69) is 4.98 Å². The van der Waals surface area contributed by atoms with E-state index in [0.717, 1.165) is 0 Å². The standard InChI is InChI=1S/C8H3F5INO/c9-7(10)3-1-5(14)15-4(2-16)6(3)8(11,12)13/h1-2,7H. The molecule has 0 aliphatic heterocycles. The number of carbonyl (C=O) groups excluding carboxylic acids is 1. The van der Waals surface area contributed by atoms with Gasteiger partial charge in [0, 0.05) is 5.56 Å². The molecular weight excluding hydrogens is 348 g/mol. The van der Waals surface area contributed by atoms with Crippen LogP contribution < -0.4 is 0 Å². The largest absolute Gasteiger partial charge is 0.419 e. The van der Waals surface area contributed by atoms with Crippen LogP contribution in [0.5, 0.6) is 0 Å². The summed E-state index contributed by atoms with van der Waals surface area (Å²) in [4.78, 5) is 13.7. The van der Waals surface area contributed by atoms with Crippen molar-refractivity contribution in [3.63, 3.8) is 0 Å². The van der Waals surface area contributed by atoms with Crippen LogP contribution in [0.3, 0.4) is 0 Å². The number of aldehydes is 1. The van der Waals surface area contributed by atoms with E-state index in [1.807, 2.05) is 0 Å². The summed E-state index contributed by atoms with van der Waals surface area (Å²) in [5.41, 5.74) is -3.92. The van der Waals surface area contributed by atoms with Crippen molar-refractivity contribution in [2.45, 2.75) is 12.6 Å². The monoisotopic (exact) mass is 351 g/mol. The molecule has 0 aromatic carbocycles. The molecule has 0 saturated carbocycles. The number of alkyl halides is 5. The first-order chi connectivity index (χ1) is 7.27. The molecule has 0 bridgehead atoms. The van der Waals surface area contributed by atoms with Crippen molar-refractivity contribution in [1.29, 1.82) is 0 Å². The van der Waals surface area contributed by atoms with Crippen molar-refractivity contribution < 1.29 is 26.7 Å². The van der Waals surface area contributed by atoms with E-state index < -0.39 is 29.4 Å². The summed E-state index contributed by atoms with van der Waals surface area (Å²) in [6, 6.07) is 0.612. The van der Waals surface area contributed by atoms with E-state index >= 15 is 0 Å². The van der Waals surface area contributed by atoms with Gasteiger partial charge in [-0.25, -0.2) is 13.8 Å². The molecule has 1 aromatic heterocycles. The molecule has 0 N–H and O–H groups in total. The van der Waals surface area contributed by atoms with Gasteiger partial charge < -0.3 is 0 Å². The quantitative estimate of drug-likeness (QED) is 0.354. The van der Waals surface area contributed by atoms with Crippen molar-refractivity contribution in [2.24, 2.45) is 0 Å². The number of halogens is 6. The highest BCUT2D eigenvalue weighted by Crippen LogP contribution is 2.38. The first-order valence-corrected chi connectivity index (χ1v) is 4.86. The summed E-state index contributed by atoms with van der Waals surface area (Å²) in [5.74, 6) is 0. The zero-order valence-electron chi connectivity index (χ0n) is 7.36. The maximum atomic E-state index is 12.5. The van der Waals surface area contributed by atoms with E-state index in [-0.39, 0.29) is 9.99 Å². The molecule has 1 heterocycles. The fourth-order valence-corrected chi connectivity index (χ4v) is 1.71. The third kappa shape index (κ3) is 2.66. The minimum Gasteiger partial charge on any atom is -0.296 e. The number of hydrogen-bond acceptors (Lipinski definition) is 2. The Labute approximate surface area is 100.0 Å². The van der Waals surface area contributed by atoms with E-state index in [0.29, 0.717) is 6.07 Å². The van der Waals surface area contributed by atoms with Gasteiger partial charge in [0.1, 0.15) is 9.39 Å². The highest BCUT2D eigenvalue weighted by Gasteiger charge is 2.39. The molecule has 0 unspecified atom stereocenters. The summed E-state index contributed by atoms with van der Waals surface area (Å²) in [7, 11) is 0. The fourth-order valence-electron chi connectivity index (χ4n) is 1.12. The summed E-state index contributed by atoms with van der Waals surface area (Å²) >= 11 is 1.46. The molecule has 0 aliphatic carbocycles. The Bertz CT molecular complexity index is 418. The molecule has 1 aromatic rings. The average molecular weight is 351 g/mol. The molecule has 1 rings (SSSR count). The van der Waals surface area contributed by atoms with Crippen LogP contribution in [0.4, 0.5) is 22.0 Å². The highest BCUT2D eigenvalue weighted by atomic mass is 127. The molecule has 0 aliphatic rings.